The molecule has 2 fully saturated rings. The molecule has 3 rings (SSSR count). The Hall–Kier alpha value is -1.64. The van der Waals surface area contributed by atoms with Gasteiger partial charge < -0.3 is 4.74 Å². The number of carbonyl (C=O) groups excluding carboxylic acids is 1. The predicted octanol–water partition coefficient (Wildman–Crippen LogP) is 4.70. The van der Waals surface area contributed by atoms with Crippen LogP contribution in [0.25, 0.3) is 0 Å². The van der Waals surface area contributed by atoms with Crippen molar-refractivity contribution in [2.75, 3.05) is 7.11 Å². The van der Waals surface area contributed by atoms with E-state index in [1.54, 1.807) is 7.11 Å². The van der Waals surface area contributed by atoms with Crippen molar-refractivity contribution in [3.05, 3.63) is 29.8 Å². The number of ether oxygens (including phenoxy) is 1. The quantitative estimate of drug-likeness (QED) is 0.759. The smallest absolute Gasteiger partial charge is 0.139 e. The van der Waals surface area contributed by atoms with E-state index in [1.807, 2.05) is 12.1 Å². The average molecular weight is 313 g/mol. The minimum atomic E-state index is 0.284. The summed E-state index contributed by atoms with van der Waals surface area (Å²) in [6, 6.07) is 8.60. The number of rotatable bonds is 3. The fourth-order valence-corrected chi connectivity index (χ4v) is 3.86. The van der Waals surface area contributed by atoms with Gasteiger partial charge in [-0.15, -0.1) is 0 Å². The highest BCUT2D eigenvalue weighted by molar-refractivity contribution is 6.05. The van der Waals surface area contributed by atoms with Crippen molar-refractivity contribution in [2.24, 2.45) is 4.99 Å². The second-order valence-corrected chi connectivity index (χ2v) is 6.93. The third-order valence-corrected chi connectivity index (χ3v) is 5.13. The summed E-state index contributed by atoms with van der Waals surface area (Å²) in [7, 11) is 1.68. The van der Waals surface area contributed by atoms with Crippen LogP contribution in [0.1, 0.15) is 69.3 Å². The second-order valence-electron chi connectivity index (χ2n) is 6.93. The number of carbonyl (C=O) groups is 1. The Morgan fingerprint density at radius 2 is 1.70 bits per heavy atom. The summed E-state index contributed by atoms with van der Waals surface area (Å²) in [5, 5.41) is 0. The molecule has 0 saturated heterocycles. The van der Waals surface area contributed by atoms with E-state index in [1.165, 1.54) is 44.1 Å². The van der Waals surface area contributed by atoms with Crippen LogP contribution in [-0.4, -0.2) is 24.6 Å². The molecule has 0 aromatic heterocycles. The van der Waals surface area contributed by atoms with Crippen LogP contribution in [0.3, 0.4) is 0 Å². The summed E-state index contributed by atoms with van der Waals surface area (Å²) >= 11 is 0. The lowest BCUT2D eigenvalue weighted by atomic mass is 9.82. The van der Waals surface area contributed by atoms with Crippen molar-refractivity contribution in [3.8, 4) is 5.75 Å². The summed E-state index contributed by atoms with van der Waals surface area (Å²) in [5.41, 5.74) is 2.36. The van der Waals surface area contributed by atoms with Crippen LogP contribution in [0.4, 0.5) is 0 Å². The number of Topliss-reactive ketones (excluding diaryl/α,β-unsaturated/α-hetero) is 1. The molecule has 124 valence electrons. The first kappa shape index (κ1) is 16.2. The van der Waals surface area contributed by atoms with Crippen LogP contribution in [0.2, 0.25) is 0 Å². The van der Waals surface area contributed by atoms with E-state index in [4.69, 9.17) is 9.73 Å². The highest BCUT2D eigenvalue weighted by Gasteiger charge is 2.26. The molecule has 23 heavy (non-hydrogen) atoms. The molecule has 0 aliphatic heterocycles. The van der Waals surface area contributed by atoms with Gasteiger partial charge in [-0.3, -0.25) is 9.79 Å². The number of hydrogen-bond acceptors (Lipinski definition) is 3. The van der Waals surface area contributed by atoms with Crippen LogP contribution in [0, 0.1) is 0 Å². The van der Waals surface area contributed by atoms with E-state index >= 15 is 0 Å². The number of benzene rings is 1. The summed E-state index contributed by atoms with van der Waals surface area (Å²) in [5.74, 6) is 1.49. The molecule has 1 aromatic carbocycles. The maximum Gasteiger partial charge on any atom is 0.139 e. The lowest BCUT2D eigenvalue weighted by Crippen LogP contribution is -2.23. The maximum absolute atomic E-state index is 12.2. The molecule has 0 N–H and O–H groups in total. The summed E-state index contributed by atoms with van der Waals surface area (Å²) in [6.07, 6.45) is 9.82. The Bertz CT molecular complexity index is 554. The molecule has 0 amide bonds. The first-order chi connectivity index (χ1) is 11.2. The zero-order valence-electron chi connectivity index (χ0n) is 14.1. The van der Waals surface area contributed by atoms with E-state index in [2.05, 4.69) is 12.1 Å². The number of methoxy groups -OCH3 is 1. The van der Waals surface area contributed by atoms with Gasteiger partial charge in [-0.1, -0.05) is 37.8 Å². The summed E-state index contributed by atoms with van der Waals surface area (Å²) < 4.78 is 5.22. The Morgan fingerprint density at radius 3 is 2.35 bits per heavy atom. The average Bonchev–Trinajstić information content (AvgIpc) is 2.83. The standard InChI is InChI=1S/C20H27NO2/c1-23-20-10-8-15(9-11-20)16-12-18(14-19(22)13-16)21-17-6-4-2-3-5-7-17/h8-11,16-17H,2-7,12-14H2,1H3/t16-/m1/s1. The molecular formula is C20H27NO2. The molecular weight excluding hydrogens is 286 g/mol. The topological polar surface area (TPSA) is 38.7 Å². The van der Waals surface area contributed by atoms with Crippen molar-refractivity contribution in [1.82, 2.24) is 0 Å². The first-order valence-corrected chi connectivity index (χ1v) is 8.96. The van der Waals surface area contributed by atoms with Crippen molar-refractivity contribution in [3.63, 3.8) is 0 Å². The molecule has 0 bridgehead atoms. The lowest BCUT2D eigenvalue weighted by Gasteiger charge is -2.24. The molecule has 1 atom stereocenters. The molecule has 0 heterocycles. The van der Waals surface area contributed by atoms with Crippen LogP contribution in [0.5, 0.6) is 5.75 Å². The fourth-order valence-electron chi connectivity index (χ4n) is 3.86. The van der Waals surface area contributed by atoms with Crippen molar-refractivity contribution in [1.29, 1.82) is 0 Å². The van der Waals surface area contributed by atoms with Crippen molar-refractivity contribution in [2.45, 2.75) is 69.7 Å². The zero-order chi connectivity index (χ0) is 16.1. The highest BCUT2D eigenvalue weighted by atomic mass is 16.5. The number of aliphatic imine (C=N–C) groups is 1. The Labute approximate surface area is 139 Å². The molecule has 0 radical (unpaired) electrons. The Kier molecular flexibility index (Phi) is 5.47. The van der Waals surface area contributed by atoms with Crippen LogP contribution < -0.4 is 4.74 Å². The van der Waals surface area contributed by atoms with Gasteiger partial charge in [-0.2, -0.15) is 0 Å². The minimum Gasteiger partial charge on any atom is -0.497 e. The molecule has 3 heteroatoms. The van der Waals surface area contributed by atoms with Gasteiger partial charge in [0.2, 0.25) is 0 Å². The predicted molar refractivity (Wildman–Crippen MR) is 93.5 cm³/mol. The molecule has 3 nitrogen and oxygen atoms in total. The van der Waals surface area contributed by atoms with Gasteiger partial charge in [0.25, 0.3) is 0 Å². The molecule has 1 aromatic rings. The van der Waals surface area contributed by atoms with Gasteiger partial charge >= 0.3 is 0 Å². The van der Waals surface area contributed by atoms with E-state index in [0.717, 1.165) is 17.9 Å². The van der Waals surface area contributed by atoms with E-state index in [0.29, 0.717) is 24.7 Å². The summed E-state index contributed by atoms with van der Waals surface area (Å²) in [4.78, 5) is 17.2. The molecule has 2 saturated carbocycles. The zero-order valence-corrected chi connectivity index (χ0v) is 14.1. The van der Waals surface area contributed by atoms with Gasteiger partial charge in [-0.25, -0.2) is 0 Å². The molecule has 2 aliphatic rings. The van der Waals surface area contributed by atoms with Gasteiger partial charge in [0.15, 0.2) is 0 Å². The van der Waals surface area contributed by atoms with Crippen molar-refractivity contribution >= 4 is 11.5 Å². The van der Waals surface area contributed by atoms with Gasteiger partial charge in [0.05, 0.1) is 7.11 Å². The van der Waals surface area contributed by atoms with Crippen molar-refractivity contribution < 1.29 is 9.53 Å². The highest BCUT2D eigenvalue weighted by Crippen LogP contribution is 2.32. The van der Waals surface area contributed by atoms with Crippen LogP contribution >= 0.6 is 0 Å². The van der Waals surface area contributed by atoms with Gasteiger partial charge in [-0.05, 0) is 42.9 Å². The molecule has 2 aliphatic carbocycles. The van der Waals surface area contributed by atoms with E-state index < -0.39 is 0 Å². The van der Waals surface area contributed by atoms with Crippen LogP contribution in [-0.2, 0) is 4.79 Å². The van der Waals surface area contributed by atoms with E-state index in [-0.39, 0.29) is 5.92 Å². The third kappa shape index (κ3) is 4.43. The Morgan fingerprint density at radius 1 is 1.00 bits per heavy atom. The monoisotopic (exact) mass is 313 g/mol. The lowest BCUT2D eigenvalue weighted by molar-refractivity contribution is -0.118. The van der Waals surface area contributed by atoms with Crippen LogP contribution in [0.15, 0.2) is 29.3 Å². The SMILES string of the molecule is COc1ccc([C@H]2CC(=O)CC(=NC3CCCCCC3)C2)cc1. The van der Waals surface area contributed by atoms with Gasteiger partial charge in [0, 0.05) is 24.6 Å². The van der Waals surface area contributed by atoms with Gasteiger partial charge in [0.1, 0.15) is 11.5 Å². The minimum absolute atomic E-state index is 0.284. The first-order valence-electron chi connectivity index (χ1n) is 8.96. The fraction of sp³-hybridized carbons (Fsp3) is 0.600. The normalized spacial score (nSPS) is 25.3. The molecule has 0 spiro atoms. The summed E-state index contributed by atoms with van der Waals surface area (Å²) in [6.45, 7) is 0. The maximum atomic E-state index is 12.2. The van der Waals surface area contributed by atoms with E-state index in [9.17, 15) is 4.79 Å². The number of ketones is 1. The second kappa shape index (κ2) is 7.76. The third-order valence-electron chi connectivity index (χ3n) is 5.13. The largest absolute Gasteiger partial charge is 0.497 e. The molecule has 0 unspecified atom stereocenters. The number of nitrogens with zero attached hydrogens (tertiary/aromatic N) is 1. The number of hydrogen-bond donors (Lipinski definition) is 0. The Balaban J connectivity index is 1.71.